The van der Waals surface area contributed by atoms with Crippen LogP contribution in [0.2, 0.25) is 0 Å². The van der Waals surface area contributed by atoms with Gasteiger partial charge < -0.3 is 10.6 Å². The van der Waals surface area contributed by atoms with E-state index in [1.54, 1.807) is 12.1 Å². The maximum absolute atomic E-state index is 12.2. The summed E-state index contributed by atoms with van der Waals surface area (Å²) in [7, 11) is 0. The summed E-state index contributed by atoms with van der Waals surface area (Å²) in [6.07, 6.45) is 0.111. The number of thiazole rings is 1. The molecule has 0 spiro atoms. The molecule has 2 amide bonds. The highest BCUT2D eigenvalue weighted by Crippen LogP contribution is 2.25. The van der Waals surface area contributed by atoms with Gasteiger partial charge in [0.25, 0.3) is 0 Å². The predicted molar refractivity (Wildman–Crippen MR) is 115 cm³/mol. The molecule has 0 unspecified atom stereocenters. The van der Waals surface area contributed by atoms with E-state index in [1.165, 1.54) is 11.3 Å². The number of carbonyl (C=O) groups excluding carboxylic acids is 2. The number of rotatable bonds is 6. The van der Waals surface area contributed by atoms with E-state index in [0.29, 0.717) is 10.7 Å². The molecule has 0 radical (unpaired) electrons. The zero-order valence-corrected chi connectivity index (χ0v) is 16.3. The van der Waals surface area contributed by atoms with Crippen LogP contribution in [0.15, 0.2) is 72.8 Å². The molecule has 0 saturated carbocycles. The van der Waals surface area contributed by atoms with E-state index in [2.05, 4.69) is 20.6 Å². The number of hydrogen-bond acceptors (Lipinski definition) is 5. The van der Waals surface area contributed by atoms with Gasteiger partial charge in [-0.25, -0.2) is 9.97 Å². The Labute approximate surface area is 171 Å². The zero-order valence-electron chi connectivity index (χ0n) is 15.5. The molecule has 0 aliphatic rings. The second-order valence-corrected chi connectivity index (χ2v) is 7.42. The number of para-hydroxylation sites is 1. The second-order valence-electron chi connectivity index (χ2n) is 6.36. The van der Waals surface area contributed by atoms with Crippen LogP contribution in [0.4, 0.5) is 5.69 Å². The number of hydrogen-bond donors (Lipinski definition) is 2. The average molecular weight is 402 g/mol. The fraction of sp³-hybridized carbons (Fsp3) is 0.0909. The van der Waals surface area contributed by atoms with Gasteiger partial charge in [0.15, 0.2) is 0 Å². The number of fused-ring (bicyclic) bond motifs is 1. The van der Waals surface area contributed by atoms with Gasteiger partial charge in [-0.3, -0.25) is 9.59 Å². The van der Waals surface area contributed by atoms with E-state index >= 15 is 0 Å². The Morgan fingerprint density at radius 2 is 1.55 bits per heavy atom. The molecule has 2 N–H and O–H groups in total. The Morgan fingerprint density at radius 1 is 0.828 bits per heavy atom. The SMILES string of the molecule is O=C(Cc1nc2ccc(-c3ccccc3)nc2s1)NCC(=O)Nc1ccccc1. The molecule has 4 rings (SSSR count). The van der Waals surface area contributed by atoms with Crippen LogP contribution in [0.1, 0.15) is 5.01 Å². The van der Waals surface area contributed by atoms with E-state index in [-0.39, 0.29) is 24.8 Å². The van der Waals surface area contributed by atoms with Crippen LogP contribution in [0, 0.1) is 0 Å². The number of nitrogens with one attached hydrogen (secondary N) is 2. The predicted octanol–water partition coefficient (Wildman–Crippen LogP) is 3.66. The Hall–Kier alpha value is -3.58. The lowest BCUT2D eigenvalue weighted by molar-refractivity contribution is -0.123. The molecule has 29 heavy (non-hydrogen) atoms. The summed E-state index contributed by atoms with van der Waals surface area (Å²) < 4.78 is 0. The van der Waals surface area contributed by atoms with Gasteiger partial charge >= 0.3 is 0 Å². The van der Waals surface area contributed by atoms with Crippen molar-refractivity contribution in [2.45, 2.75) is 6.42 Å². The number of amides is 2. The minimum atomic E-state index is -0.275. The van der Waals surface area contributed by atoms with Gasteiger partial charge in [-0.15, -0.1) is 0 Å². The van der Waals surface area contributed by atoms with E-state index in [9.17, 15) is 9.59 Å². The van der Waals surface area contributed by atoms with Crippen LogP contribution >= 0.6 is 11.3 Å². The molecule has 4 aromatic rings. The molecule has 0 aliphatic carbocycles. The van der Waals surface area contributed by atoms with Crippen molar-refractivity contribution in [3.8, 4) is 11.3 Å². The van der Waals surface area contributed by atoms with E-state index in [1.807, 2.05) is 60.7 Å². The number of carbonyl (C=O) groups is 2. The Kier molecular flexibility index (Phi) is 5.58. The molecule has 0 bridgehead atoms. The molecular formula is C22H18N4O2S. The van der Waals surface area contributed by atoms with Crippen LogP contribution in [0.25, 0.3) is 21.6 Å². The number of aromatic nitrogens is 2. The molecule has 0 aliphatic heterocycles. The first-order chi connectivity index (χ1) is 14.2. The molecule has 144 valence electrons. The van der Waals surface area contributed by atoms with Crippen molar-refractivity contribution in [3.63, 3.8) is 0 Å². The third kappa shape index (κ3) is 4.83. The summed E-state index contributed by atoms with van der Waals surface area (Å²) in [6.45, 7) is -0.0883. The maximum Gasteiger partial charge on any atom is 0.243 e. The van der Waals surface area contributed by atoms with Gasteiger partial charge in [0, 0.05) is 11.3 Å². The molecule has 0 saturated heterocycles. The monoisotopic (exact) mass is 402 g/mol. The second kappa shape index (κ2) is 8.62. The van der Waals surface area contributed by atoms with Crippen LogP contribution in [0.3, 0.4) is 0 Å². The van der Waals surface area contributed by atoms with Gasteiger partial charge in [-0.2, -0.15) is 0 Å². The van der Waals surface area contributed by atoms with Crippen molar-refractivity contribution >= 4 is 39.2 Å². The minimum absolute atomic E-state index is 0.0883. The fourth-order valence-corrected chi connectivity index (χ4v) is 3.75. The van der Waals surface area contributed by atoms with Crippen molar-refractivity contribution < 1.29 is 9.59 Å². The van der Waals surface area contributed by atoms with Crippen LogP contribution in [-0.2, 0) is 16.0 Å². The highest BCUT2D eigenvalue weighted by Gasteiger charge is 2.12. The van der Waals surface area contributed by atoms with Gasteiger partial charge in [0.05, 0.1) is 18.7 Å². The first-order valence-corrected chi connectivity index (χ1v) is 9.92. The van der Waals surface area contributed by atoms with Gasteiger partial charge in [0.1, 0.15) is 15.4 Å². The smallest absolute Gasteiger partial charge is 0.243 e. The van der Waals surface area contributed by atoms with Gasteiger partial charge in [0.2, 0.25) is 11.8 Å². The molecular weight excluding hydrogens is 384 g/mol. The summed E-state index contributed by atoms with van der Waals surface area (Å²) in [5, 5.41) is 6.02. The molecule has 7 heteroatoms. The van der Waals surface area contributed by atoms with Gasteiger partial charge in [-0.1, -0.05) is 59.9 Å². The Balaban J connectivity index is 1.36. The molecule has 0 fully saturated rings. The topological polar surface area (TPSA) is 84.0 Å². The first-order valence-electron chi connectivity index (χ1n) is 9.11. The number of nitrogens with zero attached hydrogens (tertiary/aromatic N) is 2. The average Bonchev–Trinajstić information content (AvgIpc) is 3.15. The third-order valence-electron chi connectivity index (χ3n) is 4.18. The Morgan fingerprint density at radius 3 is 2.31 bits per heavy atom. The lowest BCUT2D eigenvalue weighted by atomic mass is 10.1. The summed E-state index contributed by atoms with van der Waals surface area (Å²) in [5.74, 6) is -0.529. The van der Waals surface area contributed by atoms with Crippen molar-refractivity contribution in [2.75, 3.05) is 11.9 Å². The van der Waals surface area contributed by atoms with E-state index < -0.39 is 0 Å². The van der Waals surface area contributed by atoms with Crippen molar-refractivity contribution in [1.29, 1.82) is 0 Å². The van der Waals surface area contributed by atoms with Crippen molar-refractivity contribution in [2.24, 2.45) is 0 Å². The highest BCUT2D eigenvalue weighted by molar-refractivity contribution is 7.18. The van der Waals surface area contributed by atoms with Crippen molar-refractivity contribution in [3.05, 3.63) is 77.8 Å². The summed E-state index contributed by atoms with van der Waals surface area (Å²) >= 11 is 1.39. The largest absolute Gasteiger partial charge is 0.347 e. The lowest BCUT2D eigenvalue weighted by Gasteiger charge is -2.06. The number of anilines is 1. The fourth-order valence-electron chi connectivity index (χ4n) is 2.81. The number of pyridine rings is 1. The lowest BCUT2D eigenvalue weighted by Crippen LogP contribution is -2.33. The maximum atomic E-state index is 12.2. The quantitative estimate of drug-likeness (QED) is 0.516. The highest BCUT2D eigenvalue weighted by atomic mass is 32.1. The third-order valence-corrected chi connectivity index (χ3v) is 5.15. The summed E-state index contributed by atoms with van der Waals surface area (Å²) in [4.78, 5) is 34.0. The summed E-state index contributed by atoms with van der Waals surface area (Å²) in [5.41, 5.74) is 3.36. The normalized spacial score (nSPS) is 10.6. The van der Waals surface area contributed by atoms with E-state index in [0.717, 1.165) is 21.6 Å². The number of benzene rings is 2. The molecule has 2 aromatic heterocycles. The van der Waals surface area contributed by atoms with Crippen LogP contribution < -0.4 is 10.6 Å². The standard InChI is InChI=1S/C22H18N4O2S/c27-19(23-14-20(28)24-16-9-5-2-6-10-16)13-21-25-18-12-11-17(26-22(18)29-21)15-7-3-1-4-8-15/h1-12H,13-14H2,(H,23,27)(H,24,28). The molecule has 2 aromatic carbocycles. The zero-order chi connectivity index (χ0) is 20.1. The van der Waals surface area contributed by atoms with Crippen LogP contribution in [0.5, 0.6) is 0 Å². The molecule has 6 nitrogen and oxygen atoms in total. The first kappa shape index (κ1) is 18.8. The summed E-state index contributed by atoms with van der Waals surface area (Å²) in [6, 6.07) is 22.9. The van der Waals surface area contributed by atoms with Crippen LogP contribution in [-0.4, -0.2) is 28.3 Å². The van der Waals surface area contributed by atoms with Gasteiger partial charge in [-0.05, 0) is 24.3 Å². The molecule has 2 heterocycles. The Bertz CT molecular complexity index is 1140. The molecule has 0 atom stereocenters. The minimum Gasteiger partial charge on any atom is -0.347 e. The van der Waals surface area contributed by atoms with E-state index in [4.69, 9.17) is 0 Å². The van der Waals surface area contributed by atoms with Crippen molar-refractivity contribution in [1.82, 2.24) is 15.3 Å².